The minimum Gasteiger partial charge on any atom is -0.496 e. The van der Waals surface area contributed by atoms with Gasteiger partial charge in [0.25, 0.3) is 0 Å². The molecule has 0 atom stereocenters. The molecule has 0 N–H and O–H groups in total. The summed E-state index contributed by atoms with van der Waals surface area (Å²) in [5, 5.41) is 4.17. The number of benzene rings is 1. The van der Waals surface area contributed by atoms with E-state index >= 15 is 0 Å². The topological polar surface area (TPSA) is 30.8 Å². The van der Waals surface area contributed by atoms with E-state index in [1.54, 1.807) is 7.11 Å². The molecule has 1 heterocycles. The number of ether oxygens (including phenoxy) is 1. The van der Waals surface area contributed by atoms with Gasteiger partial charge in [0.05, 0.1) is 12.8 Å². The SMILES string of the molecule is COc1c(C)cc(C2=NOC(C)(C)C2)cc1C. The molecule has 92 valence electrons. The van der Waals surface area contributed by atoms with Crippen LogP contribution >= 0.6 is 0 Å². The van der Waals surface area contributed by atoms with Gasteiger partial charge in [0.1, 0.15) is 11.4 Å². The third-order valence-corrected chi connectivity index (χ3v) is 2.99. The fourth-order valence-electron chi connectivity index (χ4n) is 2.24. The summed E-state index contributed by atoms with van der Waals surface area (Å²) in [6.07, 6.45) is 0.845. The van der Waals surface area contributed by atoms with Gasteiger partial charge in [-0.2, -0.15) is 0 Å². The molecule has 0 aliphatic carbocycles. The van der Waals surface area contributed by atoms with Gasteiger partial charge in [-0.3, -0.25) is 0 Å². The van der Waals surface area contributed by atoms with E-state index in [9.17, 15) is 0 Å². The summed E-state index contributed by atoms with van der Waals surface area (Å²) in [6, 6.07) is 4.21. The molecule has 0 spiro atoms. The molecule has 0 bridgehead atoms. The smallest absolute Gasteiger partial charge is 0.137 e. The van der Waals surface area contributed by atoms with Crippen molar-refractivity contribution in [3.8, 4) is 5.75 Å². The molecule has 1 aromatic carbocycles. The Labute approximate surface area is 102 Å². The highest BCUT2D eigenvalue weighted by atomic mass is 16.7. The van der Waals surface area contributed by atoms with E-state index in [0.29, 0.717) is 0 Å². The first-order valence-electron chi connectivity index (χ1n) is 5.83. The van der Waals surface area contributed by atoms with E-state index in [2.05, 4.69) is 31.1 Å². The van der Waals surface area contributed by atoms with Gasteiger partial charge in [0, 0.05) is 12.0 Å². The van der Waals surface area contributed by atoms with Crippen LogP contribution in [0.3, 0.4) is 0 Å². The number of rotatable bonds is 2. The third kappa shape index (κ3) is 2.28. The number of aryl methyl sites for hydroxylation is 2. The highest BCUT2D eigenvalue weighted by Gasteiger charge is 2.29. The maximum absolute atomic E-state index is 5.40. The molecular formula is C14H19NO2. The Hall–Kier alpha value is -1.51. The average molecular weight is 233 g/mol. The zero-order valence-electron chi connectivity index (χ0n) is 11.1. The predicted molar refractivity (Wildman–Crippen MR) is 68.8 cm³/mol. The van der Waals surface area contributed by atoms with E-state index in [-0.39, 0.29) is 5.60 Å². The number of hydrogen-bond acceptors (Lipinski definition) is 3. The van der Waals surface area contributed by atoms with Crippen molar-refractivity contribution < 1.29 is 9.57 Å². The minimum absolute atomic E-state index is 0.183. The van der Waals surface area contributed by atoms with Gasteiger partial charge >= 0.3 is 0 Å². The predicted octanol–water partition coefficient (Wildman–Crippen LogP) is 3.22. The fraction of sp³-hybridized carbons (Fsp3) is 0.500. The van der Waals surface area contributed by atoms with Crippen LogP contribution in [0.1, 0.15) is 37.0 Å². The lowest BCUT2D eigenvalue weighted by Gasteiger charge is -2.14. The molecule has 1 aliphatic heterocycles. The number of oxime groups is 1. The molecule has 3 heteroatoms. The highest BCUT2D eigenvalue weighted by Crippen LogP contribution is 2.29. The maximum atomic E-state index is 5.40. The van der Waals surface area contributed by atoms with E-state index in [4.69, 9.17) is 9.57 Å². The first kappa shape index (κ1) is 12.0. The van der Waals surface area contributed by atoms with Crippen LogP contribution in [-0.4, -0.2) is 18.4 Å². The first-order chi connectivity index (χ1) is 7.93. The zero-order chi connectivity index (χ0) is 12.6. The van der Waals surface area contributed by atoms with Crippen LogP contribution in [0.5, 0.6) is 5.75 Å². The van der Waals surface area contributed by atoms with Crippen LogP contribution in [0, 0.1) is 13.8 Å². The van der Waals surface area contributed by atoms with Crippen molar-refractivity contribution >= 4 is 5.71 Å². The molecule has 3 nitrogen and oxygen atoms in total. The number of nitrogens with zero attached hydrogens (tertiary/aromatic N) is 1. The Morgan fingerprint density at radius 3 is 2.24 bits per heavy atom. The number of hydrogen-bond donors (Lipinski definition) is 0. The standard InChI is InChI=1S/C14H19NO2/c1-9-6-11(7-10(2)13(9)16-5)12-8-14(3,4)17-15-12/h6-7H,8H2,1-5H3. The number of methoxy groups -OCH3 is 1. The zero-order valence-corrected chi connectivity index (χ0v) is 11.1. The van der Waals surface area contributed by atoms with Crippen molar-refractivity contribution in [2.24, 2.45) is 5.16 Å². The average Bonchev–Trinajstić information content (AvgIpc) is 2.58. The summed E-state index contributed by atoms with van der Waals surface area (Å²) >= 11 is 0. The van der Waals surface area contributed by atoms with Crippen molar-refractivity contribution in [3.05, 3.63) is 28.8 Å². The van der Waals surface area contributed by atoms with Gasteiger partial charge in [-0.1, -0.05) is 5.16 Å². The Morgan fingerprint density at radius 1 is 1.24 bits per heavy atom. The lowest BCUT2D eigenvalue weighted by Crippen LogP contribution is -2.19. The summed E-state index contributed by atoms with van der Waals surface area (Å²) in [5.74, 6) is 0.951. The van der Waals surface area contributed by atoms with Crippen molar-refractivity contribution in [1.82, 2.24) is 0 Å². The highest BCUT2D eigenvalue weighted by molar-refractivity contribution is 6.02. The summed E-state index contributed by atoms with van der Waals surface area (Å²) < 4.78 is 5.36. The van der Waals surface area contributed by atoms with Gasteiger partial charge < -0.3 is 9.57 Å². The fourth-order valence-corrected chi connectivity index (χ4v) is 2.24. The normalized spacial score (nSPS) is 17.6. The second kappa shape index (κ2) is 4.06. The van der Waals surface area contributed by atoms with Crippen molar-refractivity contribution in [3.63, 3.8) is 0 Å². The van der Waals surface area contributed by atoms with Crippen LogP contribution in [0.4, 0.5) is 0 Å². The third-order valence-electron chi connectivity index (χ3n) is 2.99. The summed E-state index contributed by atoms with van der Waals surface area (Å²) in [5.41, 5.74) is 4.23. The van der Waals surface area contributed by atoms with E-state index in [0.717, 1.165) is 34.6 Å². The molecule has 17 heavy (non-hydrogen) atoms. The molecule has 0 radical (unpaired) electrons. The van der Waals surface area contributed by atoms with E-state index in [1.807, 2.05) is 13.8 Å². The second-order valence-electron chi connectivity index (χ2n) is 5.21. The molecule has 0 saturated heterocycles. The van der Waals surface area contributed by atoms with Crippen LogP contribution in [-0.2, 0) is 4.84 Å². The summed E-state index contributed by atoms with van der Waals surface area (Å²) in [6.45, 7) is 8.20. The van der Waals surface area contributed by atoms with Crippen LogP contribution in [0.2, 0.25) is 0 Å². The monoisotopic (exact) mass is 233 g/mol. The molecule has 0 saturated carbocycles. The molecule has 0 amide bonds. The van der Waals surface area contributed by atoms with Gasteiger partial charge in [0.15, 0.2) is 0 Å². The first-order valence-corrected chi connectivity index (χ1v) is 5.83. The maximum Gasteiger partial charge on any atom is 0.137 e. The summed E-state index contributed by atoms with van der Waals surface area (Å²) in [4.78, 5) is 5.40. The Balaban J connectivity index is 2.36. The largest absolute Gasteiger partial charge is 0.496 e. The Morgan fingerprint density at radius 2 is 1.82 bits per heavy atom. The van der Waals surface area contributed by atoms with Crippen molar-refractivity contribution in [2.45, 2.75) is 39.7 Å². The molecular weight excluding hydrogens is 214 g/mol. The molecule has 0 aromatic heterocycles. The molecule has 1 aliphatic rings. The van der Waals surface area contributed by atoms with E-state index < -0.39 is 0 Å². The van der Waals surface area contributed by atoms with Gasteiger partial charge in [-0.25, -0.2) is 0 Å². The lowest BCUT2D eigenvalue weighted by molar-refractivity contribution is 0.0123. The Kier molecular flexibility index (Phi) is 2.86. The van der Waals surface area contributed by atoms with Gasteiger partial charge in [-0.15, -0.1) is 0 Å². The quantitative estimate of drug-likeness (QED) is 0.785. The van der Waals surface area contributed by atoms with Crippen LogP contribution in [0.25, 0.3) is 0 Å². The van der Waals surface area contributed by atoms with Gasteiger partial charge in [0.2, 0.25) is 0 Å². The van der Waals surface area contributed by atoms with Crippen molar-refractivity contribution in [2.75, 3.05) is 7.11 Å². The molecule has 0 unspecified atom stereocenters. The van der Waals surface area contributed by atoms with Crippen molar-refractivity contribution in [1.29, 1.82) is 0 Å². The van der Waals surface area contributed by atoms with Gasteiger partial charge in [-0.05, 0) is 51.0 Å². The van der Waals surface area contributed by atoms with E-state index in [1.165, 1.54) is 0 Å². The molecule has 1 aromatic rings. The molecule has 0 fully saturated rings. The molecule has 2 rings (SSSR count). The van der Waals surface area contributed by atoms with Crippen LogP contribution in [0.15, 0.2) is 17.3 Å². The Bertz CT molecular complexity index is 452. The summed E-state index contributed by atoms with van der Waals surface area (Å²) in [7, 11) is 1.70. The van der Waals surface area contributed by atoms with Crippen LogP contribution < -0.4 is 4.74 Å². The second-order valence-corrected chi connectivity index (χ2v) is 5.21. The minimum atomic E-state index is -0.183. The lowest BCUT2D eigenvalue weighted by atomic mass is 9.95.